The van der Waals surface area contributed by atoms with Gasteiger partial charge in [0.2, 0.25) is 0 Å². The van der Waals surface area contributed by atoms with Crippen molar-refractivity contribution in [1.82, 2.24) is 9.47 Å². The smallest absolute Gasteiger partial charge is 0.311 e. The second-order valence-electron chi connectivity index (χ2n) is 7.45. The SMILES string of the molecule is CC[C@@]1(C(=O)O)C[C@@H]2CC[C@H]1N2C(=O)c1cc(=O)n(C)c2ccccc12. The van der Waals surface area contributed by atoms with E-state index >= 15 is 0 Å². The first-order valence-corrected chi connectivity index (χ1v) is 9.05. The molecule has 1 N–H and O–H groups in total. The minimum atomic E-state index is -0.867. The number of carboxylic acids is 1. The highest BCUT2D eigenvalue weighted by molar-refractivity contribution is 6.06. The molecule has 1 aromatic heterocycles. The zero-order valence-electron chi connectivity index (χ0n) is 14.9. The number of pyridine rings is 1. The summed E-state index contributed by atoms with van der Waals surface area (Å²) < 4.78 is 1.53. The van der Waals surface area contributed by atoms with Crippen LogP contribution in [0.5, 0.6) is 0 Å². The van der Waals surface area contributed by atoms with Gasteiger partial charge in [0, 0.05) is 30.6 Å². The Balaban J connectivity index is 1.83. The summed E-state index contributed by atoms with van der Waals surface area (Å²) in [5.74, 6) is -1.04. The van der Waals surface area contributed by atoms with Gasteiger partial charge < -0.3 is 14.6 Å². The molecule has 26 heavy (non-hydrogen) atoms. The molecule has 0 spiro atoms. The predicted molar refractivity (Wildman–Crippen MR) is 97.1 cm³/mol. The topological polar surface area (TPSA) is 79.6 Å². The molecule has 2 aliphatic heterocycles. The number of nitrogens with zero attached hydrogens (tertiary/aromatic N) is 2. The molecule has 0 radical (unpaired) electrons. The molecule has 2 saturated heterocycles. The number of aryl methyl sites for hydroxylation is 1. The molecule has 2 bridgehead atoms. The summed E-state index contributed by atoms with van der Waals surface area (Å²) in [5, 5.41) is 10.5. The Morgan fingerprint density at radius 3 is 2.65 bits per heavy atom. The average molecular weight is 354 g/mol. The van der Waals surface area contributed by atoms with Gasteiger partial charge in [-0.15, -0.1) is 0 Å². The van der Waals surface area contributed by atoms with Gasteiger partial charge in [0.15, 0.2) is 0 Å². The van der Waals surface area contributed by atoms with E-state index in [4.69, 9.17) is 0 Å². The van der Waals surface area contributed by atoms with Crippen molar-refractivity contribution < 1.29 is 14.7 Å². The Hall–Kier alpha value is -2.63. The molecule has 0 unspecified atom stereocenters. The Bertz CT molecular complexity index is 979. The number of carbonyl (C=O) groups is 2. The van der Waals surface area contributed by atoms with E-state index < -0.39 is 11.4 Å². The number of aromatic nitrogens is 1. The summed E-state index contributed by atoms with van der Waals surface area (Å²) in [6.07, 6.45) is 2.54. The van der Waals surface area contributed by atoms with E-state index in [2.05, 4.69) is 0 Å². The Labute approximate surface area is 151 Å². The lowest BCUT2D eigenvalue weighted by Crippen LogP contribution is -2.45. The van der Waals surface area contributed by atoms with E-state index in [1.165, 1.54) is 10.6 Å². The highest BCUT2D eigenvalue weighted by Crippen LogP contribution is 2.52. The molecular weight excluding hydrogens is 332 g/mol. The van der Waals surface area contributed by atoms with Gasteiger partial charge in [0.05, 0.1) is 16.5 Å². The van der Waals surface area contributed by atoms with E-state index in [1.807, 2.05) is 31.2 Å². The molecule has 136 valence electrons. The summed E-state index contributed by atoms with van der Waals surface area (Å²) in [4.78, 5) is 39.5. The second-order valence-corrected chi connectivity index (χ2v) is 7.45. The van der Waals surface area contributed by atoms with E-state index in [-0.39, 0.29) is 23.6 Å². The van der Waals surface area contributed by atoms with Crippen LogP contribution in [0.2, 0.25) is 0 Å². The number of carboxylic acid groups (broad SMARTS) is 1. The molecule has 1 aromatic carbocycles. The van der Waals surface area contributed by atoms with Crippen LogP contribution in [0.15, 0.2) is 35.1 Å². The fraction of sp³-hybridized carbons (Fsp3) is 0.450. The average Bonchev–Trinajstić information content (AvgIpc) is 3.20. The summed E-state index contributed by atoms with van der Waals surface area (Å²) >= 11 is 0. The largest absolute Gasteiger partial charge is 0.481 e. The number of hydrogen-bond acceptors (Lipinski definition) is 3. The number of benzene rings is 1. The van der Waals surface area contributed by atoms with Gasteiger partial charge in [-0.25, -0.2) is 0 Å². The maximum atomic E-state index is 13.4. The maximum absolute atomic E-state index is 13.4. The standard InChI is InChI=1S/C20H22N2O4/c1-3-20(19(25)26)11-12-8-9-16(20)22(12)18(24)14-10-17(23)21(2)15-7-5-4-6-13(14)15/h4-7,10,12,16H,3,8-9,11H2,1-2H3,(H,25,26)/t12-,16+,20+/m0/s1. The molecule has 0 saturated carbocycles. The number of carbonyl (C=O) groups excluding carboxylic acids is 1. The molecule has 3 heterocycles. The third-order valence-corrected chi connectivity index (χ3v) is 6.42. The third-order valence-electron chi connectivity index (χ3n) is 6.42. The van der Waals surface area contributed by atoms with Crippen LogP contribution in [0.4, 0.5) is 0 Å². The lowest BCUT2D eigenvalue weighted by atomic mass is 9.72. The van der Waals surface area contributed by atoms with Crippen molar-refractivity contribution in [3.05, 3.63) is 46.2 Å². The summed E-state index contributed by atoms with van der Waals surface area (Å²) in [7, 11) is 1.69. The fourth-order valence-corrected chi connectivity index (χ4v) is 4.98. The van der Waals surface area contributed by atoms with Crippen LogP contribution in [-0.2, 0) is 11.8 Å². The van der Waals surface area contributed by atoms with E-state index in [0.717, 1.165) is 11.8 Å². The summed E-state index contributed by atoms with van der Waals surface area (Å²) in [5.41, 5.74) is -0.0277. The molecule has 6 heteroatoms. The van der Waals surface area contributed by atoms with Crippen molar-refractivity contribution in [3.8, 4) is 0 Å². The van der Waals surface area contributed by atoms with Crippen molar-refractivity contribution in [3.63, 3.8) is 0 Å². The zero-order chi connectivity index (χ0) is 18.6. The Kier molecular flexibility index (Phi) is 3.68. The molecule has 0 aliphatic carbocycles. The van der Waals surface area contributed by atoms with Crippen molar-refractivity contribution in [2.45, 2.75) is 44.7 Å². The van der Waals surface area contributed by atoms with Crippen LogP contribution in [0.25, 0.3) is 10.9 Å². The molecule has 2 aromatic rings. The number of hydrogen-bond donors (Lipinski definition) is 1. The van der Waals surface area contributed by atoms with Gasteiger partial charge in [0.25, 0.3) is 11.5 Å². The van der Waals surface area contributed by atoms with E-state index in [1.54, 1.807) is 11.9 Å². The lowest BCUT2D eigenvalue weighted by Gasteiger charge is -2.32. The summed E-state index contributed by atoms with van der Waals surface area (Å²) in [6, 6.07) is 8.36. The molecular formula is C20H22N2O4. The summed E-state index contributed by atoms with van der Waals surface area (Å²) in [6.45, 7) is 1.88. The van der Waals surface area contributed by atoms with Crippen LogP contribution in [0.1, 0.15) is 43.0 Å². The fourth-order valence-electron chi connectivity index (χ4n) is 4.98. The minimum absolute atomic E-state index is 0.0635. The Morgan fingerprint density at radius 2 is 2.00 bits per heavy atom. The van der Waals surface area contributed by atoms with Crippen molar-refractivity contribution >= 4 is 22.8 Å². The van der Waals surface area contributed by atoms with Crippen LogP contribution in [-0.4, -0.2) is 38.5 Å². The van der Waals surface area contributed by atoms with Gasteiger partial charge in [0.1, 0.15) is 0 Å². The third kappa shape index (κ3) is 2.08. The van der Waals surface area contributed by atoms with Crippen LogP contribution in [0, 0.1) is 5.41 Å². The number of para-hydroxylation sites is 1. The van der Waals surface area contributed by atoms with Gasteiger partial charge in [-0.05, 0) is 31.7 Å². The minimum Gasteiger partial charge on any atom is -0.481 e. The molecule has 6 nitrogen and oxygen atoms in total. The first kappa shape index (κ1) is 16.8. The van der Waals surface area contributed by atoms with E-state index in [9.17, 15) is 19.5 Å². The van der Waals surface area contributed by atoms with Crippen LogP contribution < -0.4 is 5.56 Å². The second kappa shape index (κ2) is 5.69. The van der Waals surface area contributed by atoms with Crippen molar-refractivity contribution in [1.29, 1.82) is 0 Å². The molecule has 2 aliphatic rings. The molecule has 2 fully saturated rings. The van der Waals surface area contributed by atoms with Crippen molar-refractivity contribution in [2.24, 2.45) is 12.5 Å². The highest BCUT2D eigenvalue weighted by Gasteiger charge is 2.60. The maximum Gasteiger partial charge on any atom is 0.311 e. The van der Waals surface area contributed by atoms with Gasteiger partial charge in [-0.3, -0.25) is 14.4 Å². The first-order valence-electron chi connectivity index (χ1n) is 9.05. The molecule has 1 amide bonds. The predicted octanol–water partition coefficient (Wildman–Crippen LogP) is 2.40. The number of rotatable bonds is 3. The molecule has 3 atom stereocenters. The quantitative estimate of drug-likeness (QED) is 0.918. The van der Waals surface area contributed by atoms with E-state index in [0.29, 0.717) is 30.3 Å². The Morgan fingerprint density at radius 1 is 1.27 bits per heavy atom. The van der Waals surface area contributed by atoms with Gasteiger partial charge in [-0.2, -0.15) is 0 Å². The highest BCUT2D eigenvalue weighted by atomic mass is 16.4. The van der Waals surface area contributed by atoms with Gasteiger partial charge >= 0.3 is 5.97 Å². The lowest BCUT2D eigenvalue weighted by molar-refractivity contribution is -0.151. The number of aliphatic carboxylic acids is 1. The van der Waals surface area contributed by atoms with Crippen LogP contribution in [0.3, 0.4) is 0 Å². The first-order chi connectivity index (χ1) is 12.4. The normalized spacial score (nSPS) is 27.2. The number of amides is 1. The van der Waals surface area contributed by atoms with Crippen molar-refractivity contribution in [2.75, 3.05) is 0 Å². The van der Waals surface area contributed by atoms with Crippen LogP contribution >= 0.6 is 0 Å². The number of fused-ring (bicyclic) bond motifs is 3. The zero-order valence-corrected chi connectivity index (χ0v) is 14.9. The monoisotopic (exact) mass is 354 g/mol. The molecule has 4 rings (SSSR count). The van der Waals surface area contributed by atoms with Gasteiger partial charge in [-0.1, -0.05) is 25.1 Å².